The molecule has 1 aliphatic carbocycles. The van der Waals surface area contributed by atoms with Gasteiger partial charge < -0.3 is 9.88 Å². The SMILES string of the molecule is Fc1ccc(C2CNCCC2c2cncn2C2CC2)cc1. The molecule has 1 saturated heterocycles. The van der Waals surface area contributed by atoms with Gasteiger partial charge in [-0.25, -0.2) is 9.37 Å². The van der Waals surface area contributed by atoms with Crippen LogP contribution in [0.2, 0.25) is 0 Å². The third-order valence-corrected chi connectivity index (χ3v) is 4.80. The maximum absolute atomic E-state index is 13.2. The second-order valence-corrected chi connectivity index (χ2v) is 6.21. The first-order valence-electron chi connectivity index (χ1n) is 7.81. The summed E-state index contributed by atoms with van der Waals surface area (Å²) < 4.78 is 15.5. The van der Waals surface area contributed by atoms with Gasteiger partial charge in [-0.15, -0.1) is 0 Å². The second kappa shape index (κ2) is 5.26. The molecule has 2 fully saturated rings. The van der Waals surface area contributed by atoms with Gasteiger partial charge in [0.15, 0.2) is 0 Å². The first-order valence-corrected chi connectivity index (χ1v) is 7.81. The van der Waals surface area contributed by atoms with Crippen molar-refractivity contribution in [2.45, 2.75) is 37.1 Å². The maximum Gasteiger partial charge on any atom is 0.123 e. The molecule has 0 bridgehead atoms. The first-order chi connectivity index (χ1) is 10.3. The molecule has 1 aliphatic heterocycles. The fourth-order valence-corrected chi connectivity index (χ4v) is 3.53. The Morgan fingerprint density at radius 3 is 2.67 bits per heavy atom. The number of piperidine rings is 1. The molecule has 4 rings (SSSR count). The van der Waals surface area contributed by atoms with Crippen LogP contribution in [0.25, 0.3) is 0 Å². The van der Waals surface area contributed by atoms with Crippen molar-refractivity contribution in [1.29, 1.82) is 0 Å². The van der Waals surface area contributed by atoms with Crippen molar-refractivity contribution in [2.75, 3.05) is 13.1 Å². The summed E-state index contributed by atoms with van der Waals surface area (Å²) in [6.45, 7) is 1.99. The van der Waals surface area contributed by atoms with E-state index in [9.17, 15) is 4.39 Å². The molecule has 0 amide bonds. The minimum Gasteiger partial charge on any atom is -0.331 e. The van der Waals surface area contributed by atoms with Crippen molar-refractivity contribution in [1.82, 2.24) is 14.9 Å². The zero-order valence-electron chi connectivity index (χ0n) is 12.0. The molecule has 2 aromatic rings. The van der Waals surface area contributed by atoms with Crippen molar-refractivity contribution in [2.24, 2.45) is 0 Å². The number of nitrogens with zero attached hydrogens (tertiary/aromatic N) is 2. The van der Waals surface area contributed by atoms with Crippen LogP contribution in [0.3, 0.4) is 0 Å². The Morgan fingerprint density at radius 2 is 1.90 bits per heavy atom. The minimum atomic E-state index is -0.165. The number of hydrogen-bond donors (Lipinski definition) is 1. The Morgan fingerprint density at radius 1 is 1.10 bits per heavy atom. The van der Waals surface area contributed by atoms with Gasteiger partial charge >= 0.3 is 0 Å². The van der Waals surface area contributed by atoms with E-state index in [0.717, 1.165) is 19.5 Å². The van der Waals surface area contributed by atoms with Crippen molar-refractivity contribution >= 4 is 0 Å². The van der Waals surface area contributed by atoms with Crippen LogP contribution in [-0.4, -0.2) is 22.6 Å². The van der Waals surface area contributed by atoms with Gasteiger partial charge in [0, 0.05) is 36.3 Å². The Kier molecular flexibility index (Phi) is 3.26. The third-order valence-electron chi connectivity index (χ3n) is 4.80. The lowest BCUT2D eigenvalue weighted by atomic mass is 9.79. The Hall–Kier alpha value is -1.68. The van der Waals surface area contributed by atoms with Crippen LogP contribution in [0.15, 0.2) is 36.8 Å². The lowest BCUT2D eigenvalue weighted by Gasteiger charge is -2.33. The average molecular weight is 285 g/mol. The van der Waals surface area contributed by atoms with Gasteiger partial charge in [-0.2, -0.15) is 0 Å². The highest BCUT2D eigenvalue weighted by Crippen LogP contribution is 2.42. The summed E-state index contributed by atoms with van der Waals surface area (Å²) in [5.41, 5.74) is 2.57. The largest absolute Gasteiger partial charge is 0.331 e. The average Bonchev–Trinajstić information content (AvgIpc) is 3.25. The molecule has 0 radical (unpaired) electrons. The van der Waals surface area contributed by atoms with E-state index in [2.05, 4.69) is 14.9 Å². The quantitative estimate of drug-likeness (QED) is 0.938. The number of rotatable bonds is 3. The van der Waals surface area contributed by atoms with Crippen LogP contribution in [0.1, 0.15) is 48.4 Å². The van der Waals surface area contributed by atoms with Crippen LogP contribution >= 0.6 is 0 Å². The maximum atomic E-state index is 13.2. The fraction of sp³-hybridized carbons (Fsp3) is 0.471. The molecule has 21 heavy (non-hydrogen) atoms. The molecule has 4 heteroatoms. The number of halogens is 1. The zero-order chi connectivity index (χ0) is 14.2. The fourth-order valence-electron chi connectivity index (χ4n) is 3.53. The predicted molar refractivity (Wildman–Crippen MR) is 79.9 cm³/mol. The third kappa shape index (κ3) is 2.48. The highest BCUT2D eigenvalue weighted by atomic mass is 19.1. The highest BCUT2D eigenvalue weighted by Gasteiger charge is 2.33. The summed E-state index contributed by atoms with van der Waals surface area (Å²) in [6, 6.07) is 7.65. The summed E-state index contributed by atoms with van der Waals surface area (Å²) in [4.78, 5) is 4.38. The summed E-state index contributed by atoms with van der Waals surface area (Å²) in [5, 5.41) is 3.48. The molecule has 1 N–H and O–H groups in total. The number of hydrogen-bond acceptors (Lipinski definition) is 2. The van der Waals surface area contributed by atoms with Crippen LogP contribution in [0.4, 0.5) is 4.39 Å². The molecule has 1 aromatic carbocycles. The summed E-state index contributed by atoms with van der Waals surface area (Å²) in [5.74, 6) is 0.704. The van der Waals surface area contributed by atoms with Gasteiger partial charge in [0.1, 0.15) is 5.82 Å². The van der Waals surface area contributed by atoms with Crippen molar-refractivity contribution < 1.29 is 4.39 Å². The van der Waals surface area contributed by atoms with E-state index in [-0.39, 0.29) is 5.82 Å². The van der Waals surface area contributed by atoms with E-state index in [1.165, 1.54) is 24.1 Å². The zero-order valence-corrected chi connectivity index (χ0v) is 12.0. The van der Waals surface area contributed by atoms with Crippen LogP contribution in [-0.2, 0) is 0 Å². The smallest absolute Gasteiger partial charge is 0.123 e. The molecular formula is C17H20FN3. The molecule has 0 spiro atoms. The van der Waals surface area contributed by atoms with E-state index >= 15 is 0 Å². The topological polar surface area (TPSA) is 29.9 Å². The molecule has 2 aliphatic rings. The van der Waals surface area contributed by atoms with Gasteiger partial charge in [-0.3, -0.25) is 0 Å². The van der Waals surface area contributed by atoms with E-state index in [1.807, 2.05) is 24.7 Å². The Balaban J connectivity index is 1.67. The monoisotopic (exact) mass is 285 g/mol. The Labute approximate surface area is 124 Å². The molecule has 1 aromatic heterocycles. The van der Waals surface area contributed by atoms with Crippen LogP contribution in [0, 0.1) is 5.82 Å². The standard InChI is InChI=1S/C17H20FN3/c18-13-3-1-12(2-4-13)16-9-19-8-7-15(16)17-10-20-11-21(17)14-5-6-14/h1-4,10-11,14-16,19H,5-9H2. The number of nitrogens with one attached hydrogen (secondary N) is 1. The predicted octanol–water partition coefficient (Wildman–Crippen LogP) is 3.22. The molecule has 1 saturated carbocycles. The van der Waals surface area contributed by atoms with Crippen LogP contribution in [0.5, 0.6) is 0 Å². The van der Waals surface area contributed by atoms with Crippen molar-refractivity contribution in [3.05, 3.63) is 53.9 Å². The molecule has 3 nitrogen and oxygen atoms in total. The number of aromatic nitrogens is 2. The first kappa shape index (κ1) is 13.0. The normalized spacial score (nSPS) is 26.0. The number of benzene rings is 1. The van der Waals surface area contributed by atoms with Gasteiger partial charge in [0.25, 0.3) is 0 Å². The van der Waals surface area contributed by atoms with Gasteiger partial charge in [-0.05, 0) is 43.5 Å². The molecule has 110 valence electrons. The Bertz CT molecular complexity index is 615. The van der Waals surface area contributed by atoms with Crippen LogP contribution < -0.4 is 5.32 Å². The van der Waals surface area contributed by atoms with E-state index in [0.29, 0.717) is 17.9 Å². The van der Waals surface area contributed by atoms with Gasteiger partial charge in [-0.1, -0.05) is 12.1 Å². The molecule has 2 atom stereocenters. The summed E-state index contributed by atoms with van der Waals surface area (Å²) in [7, 11) is 0. The van der Waals surface area contributed by atoms with E-state index in [1.54, 1.807) is 12.1 Å². The lowest BCUT2D eigenvalue weighted by Crippen LogP contribution is -2.34. The second-order valence-electron chi connectivity index (χ2n) is 6.21. The molecule has 2 heterocycles. The summed E-state index contributed by atoms with van der Waals surface area (Å²) in [6.07, 6.45) is 7.67. The highest BCUT2D eigenvalue weighted by molar-refractivity contribution is 5.27. The molecular weight excluding hydrogens is 265 g/mol. The van der Waals surface area contributed by atoms with Gasteiger partial charge in [0.2, 0.25) is 0 Å². The minimum absolute atomic E-state index is 0.165. The van der Waals surface area contributed by atoms with Gasteiger partial charge in [0.05, 0.1) is 6.33 Å². The van der Waals surface area contributed by atoms with Crippen molar-refractivity contribution in [3.63, 3.8) is 0 Å². The van der Waals surface area contributed by atoms with E-state index < -0.39 is 0 Å². The summed E-state index contributed by atoms with van der Waals surface area (Å²) >= 11 is 0. The lowest BCUT2D eigenvalue weighted by molar-refractivity contribution is 0.387. The molecule has 2 unspecified atom stereocenters. The number of imidazole rings is 1. The van der Waals surface area contributed by atoms with Crippen molar-refractivity contribution in [3.8, 4) is 0 Å². The van der Waals surface area contributed by atoms with E-state index in [4.69, 9.17) is 0 Å².